The van der Waals surface area contributed by atoms with E-state index in [2.05, 4.69) is 13.8 Å². The lowest BCUT2D eigenvalue weighted by Gasteiger charge is -2.06. The molecule has 0 heterocycles. The van der Waals surface area contributed by atoms with Crippen LogP contribution in [0.1, 0.15) is 58.8 Å². The lowest BCUT2D eigenvalue weighted by molar-refractivity contribution is 0.282. The second-order valence-electron chi connectivity index (χ2n) is 3.79. The van der Waals surface area contributed by atoms with E-state index in [1.165, 1.54) is 38.5 Å². The van der Waals surface area contributed by atoms with Gasteiger partial charge in [0.15, 0.2) is 0 Å². The Labute approximate surface area is 77.2 Å². The first kappa shape index (κ1) is 12.0. The molecule has 0 aromatic carbocycles. The van der Waals surface area contributed by atoms with Crippen LogP contribution in [0.5, 0.6) is 0 Å². The molecule has 12 heavy (non-hydrogen) atoms. The monoisotopic (exact) mass is 172 g/mol. The normalized spacial score (nSPS) is 13.2. The van der Waals surface area contributed by atoms with Crippen molar-refractivity contribution in [3.05, 3.63) is 0 Å². The molecule has 0 saturated carbocycles. The second kappa shape index (κ2) is 9.05. The molecule has 0 fully saturated rings. The van der Waals surface area contributed by atoms with Gasteiger partial charge in [0, 0.05) is 6.61 Å². The Morgan fingerprint density at radius 1 is 1.00 bits per heavy atom. The quantitative estimate of drug-likeness (QED) is 0.557. The molecule has 1 unspecified atom stereocenters. The van der Waals surface area contributed by atoms with Crippen molar-refractivity contribution in [2.75, 3.05) is 6.61 Å². The zero-order valence-corrected chi connectivity index (χ0v) is 8.68. The fraction of sp³-hybridized carbons (Fsp3) is 1.00. The summed E-state index contributed by atoms with van der Waals surface area (Å²) in [4.78, 5) is 0. The lowest BCUT2D eigenvalue weighted by Crippen LogP contribution is -1.91. The minimum absolute atomic E-state index is 0.366. The molecule has 0 aliphatic rings. The Morgan fingerprint density at radius 2 is 1.58 bits per heavy atom. The molecule has 1 N–H and O–H groups in total. The standard InChI is InChI=1S/C11H24O/c1-3-11(2)9-7-5-4-6-8-10-12/h11-12H,3-10H2,1-2H3. The Kier molecular flexibility index (Phi) is 9.02. The number of hydrogen-bond acceptors (Lipinski definition) is 1. The van der Waals surface area contributed by atoms with Crippen molar-refractivity contribution in [3.63, 3.8) is 0 Å². The van der Waals surface area contributed by atoms with Gasteiger partial charge >= 0.3 is 0 Å². The highest BCUT2D eigenvalue weighted by Gasteiger charge is 1.97. The molecule has 74 valence electrons. The summed E-state index contributed by atoms with van der Waals surface area (Å²) in [5.74, 6) is 0.905. The van der Waals surface area contributed by atoms with Crippen LogP contribution in [0.3, 0.4) is 0 Å². The smallest absolute Gasteiger partial charge is 0.0431 e. The molecule has 0 aliphatic carbocycles. The summed E-state index contributed by atoms with van der Waals surface area (Å²) in [5.41, 5.74) is 0. The van der Waals surface area contributed by atoms with Gasteiger partial charge in [-0.15, -0.1) is 0 Å². The van der Waals surface area contributed by atoms with Crippen molar-refractivity contribution in [2.24, 2.45) is 5.92 Å². The van der Waals surface area contributed by atoms with E-state index in [1.807, 2.05) is 0 Å². The Morgan fingerprint density at radius 3 is 2.17 bits per heavy atom. The van der Waals surface area contributed by atoms with Gasteiger partial charge in [0.2, 0.25) is 0 Å². The maximum absolute atomic E-state index is 8.55. The number of hydrogen-bond donors (Lipinski definition) is 1. The highest BCUT2D eigenvalue weighted by molar-refractivity contribution is 4.51. The zero-order valence-electron chi connectivity index (χ0n) is 8.68. The molecule has 0 radical (unpaired) electrons. The molecule has 1 atom stereocenters. The average Bonchev–Trinajstić information content (AvgIpc) is 2.10. The minimum Gasteiger partial charge on any atom is -0.396 e. The number of rotatable bonds is 8. The molecule has 0 bridgehead atoms. The van der Waals surface area contributed by atoms with E-state index in [0.29, 0.717) is 6.61 Å². The summed E-state index contributed by atoms with van der Waals surface area (Å²) in [6, 6.07) is 0. The summed E-state index contributed by atoms with van der Waals surface area (Å²) in [5, 5.41) is 8.55. The molecule has 1 nitrogen and oxygen atoms in total. The van der Waals surface area contributed by atoms with Crippen LogP contribution in [-0.4, -0.2) is 11.7 Å². The van der Waals surface area contributed by atoms with Gasteiger partial charge < -0.3 is 5.11 Å². The number of unbranched alkanes of at least 4 members (excludes halogenated alkanes) is 4. The molecular weight excluding hydrogens is 148 g/mol. The molecule has 0 aliphatic heterocycles. The van der Waals surface area contributed by atoms with E-state index < -0.39 is 0 Å². The van der Waals surface area contributed by atoms with E-state index in [-0.39, 0.29) is 0 Å². The van der Waals surface area contributed by atoms with Crippen molar-refractivity contribution in [1.29, 1.82) is 0 Å². The summed E-state index contributed by atoms with van der Waals surface area (Å²) in [6.07, 6.45) is 8.92. The molecule has 0 amide bonds. The molecule has 0 spiro atoms. The molecule has 1 heteroatoms. The lowest BCUT2D eigenvalue weighted by atomic mass is 10.0. The van der Waals surface area contributed by atoms with Gasteiger partial charge in [-0.1, -0.05) is 52.4 Å². The summed E-state index contributed by atoms with van der Waals surface area (Å²) >= 11 is 0. The highest BCUT2D eigenvalue weighted by atomic mass is 16.2. The largest absolute Gasteiger partial charge is 0.396 e. The van der Waals surface area contributed by atoms with Crippen LogP contribution in [0.2, 0.25) is 0 Å². The molecule has 0 saturated heterocycles. The van der Waals surface area contributed by atoms with Gasteiger partial charge in [-0.25, -0.2) is 0 Å². The van der Waals surface area contributed by atoms with E-state index >= 15 is 0 Å². The van der Waals surface area contributed by atoms with Crippen molar-refractivity contribution >= 4 is 0 Å². The SMILES string of the molecule is CCC(C)CCCCCCCO. The molecule has 0 aromatic rings. The number of aliphatic hydroxyl groups is 1. The zero-order chi connectivity index (χ0) is 9.23. The van der Waals surface area contributed by atoms with Gasteiger partial charge in [-0.3, -0.25) is 0 Å². The summed E-state index contributed by atoms with van der Waals surface area (Å²) in [7, 11) is 0. The van der Waals surface area contributed by atoms with Crippen LogP contribution in [0.4, 0.5) is 0 Å². The first-order valence-electron chi connectivity index (χ1n) is 5.42. The topological polar surface area (TPSA) is 20.2 Å². The third kappa shape index (κ3) is 8.06. The van der Waals surface area contributed by atoms with Crippen molar-refractivity contribution in [1.82, 2.24) is 0 Å². The van der Waals surface area contributed by atoms with Gasteiger partial charge in [0.25, 0.3) is 0 Å². The van der Waals surface area contributed by atoms with Crippen molar-refractivity contribution in [3.8, 4) is 0 Å². The first-order valence-corrected chi connectivity index (χ1v) is 5.42. The molecule has 0 rings (SSSR count). The highest BCUT2D eigenvalue weighted by Crippen LogP contribution is 2.13. The predicted octanol–water partition coefficient (Wildman–Crippen LogP) is 3.37. The van der Waals surface area contributed by atoms with Gasteiger partial charge in [0.1, 0.15) is 0 Å². The summed E-state index contributed by atoms with van der Waals surface area (Å²) in [6.45, 7) is 4.95. The van der Waals surface area contributed by atoms with Crippen LogP contribution in [0, 0.1) is 5.92 Å². The maximum Gasteiger partial charge on any atom is 0.0431 e. The first-order chi connectivity index (χ1) is 5.81. The van der Waals surface area contributed by atoms with Crippen LogP contribution in [-0.2, 0) is 0 Å². The molecule has 0 aromatic heterocycles. The average molecular weight is 172 g/mol. The van der Waals surface area contributed by atoms with Crippen LogP contribution in [0.15, 0.2) is 0 Å². The maximum atomic E-state index is 8.55. The van der Waals surface area contributed by atoms with Crippen LogP contribution < -0.4 is 0 Å². The van der Waals surface area contributed by atoms with Gasteiger partial charge in [-0.2, -0.15) is 0 Å². The fourth-order valence-corrected chi connectivity index (χ4v) is 1.34. The van der Waals surface area contributed by atoms with E-state index in [1.54, 1.807) is 0 Å². The summed E-state index contributed by atoms with van der Waals surface area (Å²) < 4.78 is 0. The van der Waals surface area contributed by atoms with Gasteiger partial charge in [0.05, 0.1) is 0 Å². The van der Waals surface area contributed by atoms with E-state index in [0.717, 1.165) is 12.3 Å². The third-order valence-electron chi connectivity index (χ3n) is 2.55. The Hall–Kier alpha value is -0.0400. The van der Waals surface area contributed by atoms with E-state index in [4.69, 9.17) is 5.11 Å². The van der Waals surface area contributed by atoms with Gasteiger partial charge in [-0.05, 0) is 12.3 Å². The molecular formula is C11H24O. The number of aliphatic hydroxyl groups excluding tert-OH is 1. The predicted molar refractivity (Wildman–Crippen MR) is 54.2 cm³/mol. The second-order valence-corrected chi connectivity index (χ2v) is 3.79. The van der Waals surface area contributed by atoms with Crippen LogP contribution >= 0.6 is 0 Å². The Balaban J connectivity index is 2.90. The Bertz CT molecular complexity index is 81.1. The van der Waals surface area contributed by atoms with Crippen LogP contribution in [0.25, 0.3) is 0 Å². The van der Waals surface area contributed by atoms with E-state index in [9.17, 15) is 0 Å². The van der Waals surface area contributed by atoms with Crippen molar-refractivity contribution in [2.45, 2.75) is 58.8 Å². The van der Waals surface area contributed by atoms with Crippen molar-refractivity contribution < 1.29 is 5.11 Å². The fourth-order valence-electron chi connectivity index (χ4n) is 1.34. The third-order valence-corrected chi connectivity index (χ3v) is 2.55. The minimum atomic E-state index is 0.366.